The van der Waals surface area contributed by atoms with E-state index in [1.54, 1.807) is 12.1 Å². The molecule has 0 radical (unpaired) electrons. The average molecular weight is 236 g/mol. The number of nitrogens with one attached hydrogen (secondary N) is 1. The van der Waals surface area contributed by atoms with Gasteiger partial charge in [-0.1, -0.05) is 6.07 Å². The molecule has 1 N–H and O–H groups in total. The van der Waals surface area contributed by atoms with Crippen molar-refractivity contribution in [3.63, 3.8) is 0 Å². The Balaban J connectivity index is 2.02. The lowest BCUT2D eigenvalue weighted by molar-refractivity contribution is 0.562. The van der Waals surface area contributed by atoms with Crippen molar-refractivity contribution in [2.24, 2.45) is 0 Å². The van der Waals surface area contributed by atoms with Gasteiger partial charge in [0.25, 0.3) is 0 Å². The van der Waals surface area contributed by atoms with Crippen molar-refractivity contribution in [1.82, 2.24) is 5.32 Å². The van der Waals surface area contributed by atoms with E-state index < -0.39 is 0 Å². The Labute approximate surface area is 103 Å². The summed E-state index contributed by atoms with van der Waals surface area (Å²) in [5.41, 5.74) is 2.38. The van der Waals surface area contributed by atoms with Crippen molar-refractivity contribution in [2.45, 2.75) is 32.2 Å². The van der Waals surface area contributed by atoms with Gasteiger partial charge in [0.05, 0.1) is 0 Å². The summed E-state index contributed by atoms with van der Waals surface area (Å²) in [5, 5.41) is 3.16. The van der Waals surface area contributed by atoms with Crippen LogP contribution in [0, 0.1) is 5.82 Å². The van der Waals surface area contributed by atoms with E-state index in [1.807, 2.05) is 13.1 Å². The molecule has 1 aromatic carbocycles. The summed E-state index contributed by atoms with van der Waals surface area (Å²) in [6, 6.07) is 5.65. The smallest absolute Gasteiger partial charge is 0.125 e. The van der Waals surface area contributed by atoms with Gasteiger partial charge in [-0.2, -0.15) is 0 Å². The van der Waals surface area contributed by atoms with Gasteiger partial charge in [-0.15, -0.1) is 0 Å². The molecule has 2 nitrogen and oxygen atoms in total. The topological polar surface area (TPSA) is 15.3 Å². The quantitative estimate of drug-likeness (QED) is 0.790. The molecule has 17 heavy (non-hydrogen) atoms. The highest BCUT2D eigenvalue weighted by atomic mass is 19.1. The Morgan fingerprint density at radius 1 is 1.47 bits per heavy atom. The fourth-order valence-corrected chi connectivity index (χ4v) is 2.57. The average Bonchev–Trinajstić information content (AvgIpc) is 2.72. The Kier molecular flexibility index (Phi) is 4.00. The van der Waals surface area contributed by atoms with Crippen LogP contribution in [0.15, 0.2) is 18.2 Å². The molecule has 1 atom stereocenters. The molecule has 3 heteroatoms. The van der Waals surface area contributed by atoms with Crippen LogP contribution in [0.1, 0.15) is 25.3 Å². The van der Waals surface area contributed by atoms with Crippen LogP contribution in [0.25, 0.3) is 0 Å². The summed E-state index contributed by atoms with van der Waals surface area (Å²) < 4.78 is 13.3. The van der Waals surface area contributed by atoms with Crippen molar-refractivity contribution >= 4 is 5.69 Å². The van der Waals surface area contributed by atoms with Gasteiger partial charge in [-0.25, -0.2) is 4.39 Å². The van der Waals surface area contributed by atoms with Crippen LogP contribution >= 0.6 is 0 Å². The molecule has 0 fully saturated rings. The highest BCUT2D eigenvalue weighted by Gasteiger charge is 2.23. The first-order valence-corrected chi connectivity index (χ1v) is 6.42. The second kappa shape index (κ2) is 5.50. The number of hydrogen-bond acceptors (Lipinski definition) is 2. The number of nitrogens with zero attached hydrogens (tertiary/aromatic N) is 1. The molecule has 1 unspecified atom stereocenters. The van der Waals surface area contributed by atoms with Crippen LogP contribution in [-0.4, -0.2) is 26.2 Å². The van der Waals surface area contributed by atoms with E-state index in [0.717, 1.165) is 31.6 Å². The summed E-state index contributed by atoms with van der Waals surface area (Å²) in [6.07, 6.45) is 3.36. The molecule has 1 aliphatic rings. The number of halogens is 1. The first-order chi connectivity index (χ1) is 8.22. The lowest BCUT2D eigenvalue weighted by Crippen LogP contribution is -2.31. The standard InChI is InChI=1S/C14H21FN2/c1-11(4-3-8-16-2)17-9-7-12-5-6-13(15)10-14(12)17/h5-6,10-11,16H,3-4,7-9H2,1-2H3. The second-order valence-corrected chi connectivity index (χ2v) is 4.81. The highest BCUT2D eigenvalue weighted by Crippen LogP contribution is 2.31. The number of fused-ring (bicyclic) bond motifs is 1. The van der Waals surface area contributed by atoms with Crippen molar-refractivity contribution in [3.8, 4) is 0 Å². The van der Waals surface area contributed by atoms with Gasteiger partial charge in [0, 0.05) is 18.3 Å². The number of rotatable bonds is 5. The minimum atomic E-state index is -0.127. The zero-order valence-electron chi connectivity index (χ0n) is 10.7. The van der Waals surface area contributed by atoms with Crippen molar-refractivity contribution in [2.75, 3.05) is 25.0 Å². The van der Waals surface area contributed by atoms with Gasteiger partial charge in [0.2, 0.25) is 0 Å². The first kappa shape index (κ1) is 12.4. The molecular weight excluding hydrogens is 215 g/mol. The first-order valence-electron chi connectivity index (χ1n) is 6.42. The van der Waals surface area contributed by atoms with Gasteiger partial charge in [0.1, 0.15) is 5.82 Å². The summed E-state index contributed by atoms with van der Waals surface area (Å²) in [7, 11) is 1.98. The minimum Gasteiger partial charge on any atom is -0.368 e. The van der Waals surface area contributed by atoms with Gasteiger partial charge in [0.15, 0.2) is 0 Å². The minimum absolute atomic E-state index is 0.127. The molecular formula is C14H21FN2. The highest BCUT2D eigenvalue weighted by molar-refractivity contribution is 5.58. The Hall–Kier alpha value is -1.09. The van der Waals surface area contributed by atoms with Crippen molar-refractivity contribution < 1.29 is 4.39 Å². The van der Waals surface area contributed by atoms with Crippen molar-refractivity contribution in [1.29, 1.82) is 0 Å². The van der Waals surface area contributed by atoms with E-state index in [1.165, 1.54) is 12.0 Å². The molecule has 2 rings (SSSR count). The number of benzene rings is 1. The van der Waals surface area contributed by atoms with E-state index in [4.69, 9.17) is 0 Å². The Morgan fingerprint density at radius 2 is 2.29 bits per heavy atom. The molecule has 94 valence electrons. The predicted molar refractivity (Wildman–Crippen MR) is 70.1 cm³/mol. The van der Waals surface area contributed by atoms with E-state index in [2.05, 4.69) is 17.1 Å². The zero-order valence-corrected chi connectivity index (χ0v) is 10.7. The molecule has 1 aromatic rings. The van der Waals surface area contributed by atoms with Gasteiger partial charge < -0.3 is 10.2 Å². The zero-order chi connectivity index (χ0) is 12.3. The normalized spacial score (nSPS) is 16.1. The molecule has 1 heterocycles. The van der Waals surface area contributed by atoms with Gasteiger partial charge >= 0.3 is 0 Å². The maximum absolute atomic E-state index is 13.3. The van der Waals surface area contributed by atoms with Crippen LogP contribution in [-0.2, 0) is 6.42 Å². The number of anilines is 1. The molecule has 0 aliphatic carbocycles. The second-order valence-electron chi connectivity index (χ2n) is 4.81. The lowest BCUT2D eigenvalue weighted by atomic mass is 10.1. The summed E-state index contributed by atoms with van der Waals surface area (Å²) in [6.45, 7) is 4.31. The lowest BCUT2D eigenvalue weighted by Gasteiger charge is -2.27. The van der Waals surface area contributed by atoms with Crippen LogP contribution < -0.4 is 10.2 Å². The third-order valence-corrected chi connectivity index (χ3v) is 3.56. The van der Waals surface area contributed by atoms with Gasteiger partial charge in [-0.05, 0) is 57.5 Å². The van der Waals surface area contributed by atoms with E-state index in [0.29, 0.717) is 6.04 Å². The SMILES string of the molecule is CNCCCC(C)N1CCc2ccc(F)cc21. The van der Waals surface area contributed by atoms with E-state index >= 15 is 0 Å². The predicted octanol–water partition coefficient (Wildman–Crippen LogP) is 2.58. The monoisotopic (exact) mass is 236 g/mol. The maximum atomic E-state index is 13.3. The van der Waals surface area contributed by atoms with E-state index in [9.17, 15) is 4.39 Å². The van der Waals surface area contributed by atoms with Crippen LogP contribution in [0.5, 0.6) is 0 Å². The van der Waals surface area contributed by atoms with Crippen molar-refractivity contribution in [3.05, 3.63) is 29.6 Å². The molecule has 0 spiro atoms. The third kappa shape index (κ3) is 2.78. The van der Waals surface area contributed by atoms with Crippen LogP contribution in [0.3, 0.4) is 0 Å². The molecule has 1 aliphatic heterocycles. The van der Waals surface area contributed by atoms with E-state index in [-0.39, 0.29) is 5.82 Å². The number of hydrogen-bond donors (Lipinski definition) is 1. The largest absolute Gasteiger partial charge is 0.368 e. The molecule has 0 saturated heterocycles. The Morgan fingerprint density at radius 3 is 3.06 bits per heavy atom. The molecule has 0 amide bonds. The fraction of sp³-hybridized carbons (Fsp3) is 0.571. The van der Waals surface area contributed by atoms with Crippen LogP contribution in [0.2, 0.25) is 0 Å². The fourth-order valence-electron chi connectivity index (χ4n) is 2.57. The molecule has 0 saturated carbocycles. The molecule has 0 aromatic heterocycles. The molecule has 0 bridgehead atoms. The summed E-state index contributed by atoms with van der Waals surface area (Å²) >= 11 is 0. The summed E-state index contributed by atoms with van der Waals surface area (Å²) in [5.74, 6) is -0.127. The Bertz CT molecular complexity index is 378. The van der Waals surface area contributed by atoms with Crippen LogP contribution in [0.4, 0.5) is 10.1 Å². The summed E-state index contributed by atoms with van der Waals surface area (Å²) in [4.78, 5) is 2.34. The maximum Gasteiger partial charge on any atom is 0.125 e. The van der Waals surface area contributed by atoms with Gasteiger partial charge in [-0.3, -0.25) is 0 Å². The third-order valence-electron chi connectivity index (χ3n) is 3.56.